The van der Waals surface area contributed by atoms with Crippen LogP contribution in [0.3, 0.4) is 0 Å². The molecule has 1 aromatic heterocycles. The number of guanidine groups is 1. The van der Waals surface area contributed by atoms with Gasteiger partial charge in [-0.15, -0.1) is 11.3 Å². The molecular formula is C13H20F3N3OS. The van der Waals surface area contributed by atoms with Crippen LogP contribution in [0.4, 0.5) is 13.2 Å². The van der Waals surface area contributed by atoms with Crippen molar-refractivity contribution in [1.82, 2.24) is 10.6 Å². The molecular weight excluding hydrogens is 303 g/mol. The summed E-state index contributed by atoms with van der Waals surface area (Å²) in [6, 6.07) is 4.08. The van der Waals surface area contributed by atoms with Gasteiger partial charge in [-0.3, -0.25) is 4.99 Å². The fraction of sp³-hybridized carbons (Fsp3) is 0.615. The molecule has 0 saturated carbocycles. The molecule has 0 aliphatic heterocycles. The molecule has 0 radical (unpaired) electrons. The molecule has 0 fully saturated rings. The lowest BCUT2D eigenvalue weighted by atomic mass is 10.3. The van der Waals surface area contributed by atoms with E-state index >= 15 is 0 Å². The second kappa shape index (κ2) is 9.62. The first-order valence-electron chi connectivity index (χ1n) is 6.62. The smallest absolute Gasteiger partial charge is 0.372 e. The number of thiophene rings is 1. The Morgan fingerprint density at radius 1 is 1.33 bits per heavy atom. The van der Waals surface area contributed by atoms with E-state index < -0.39 is 12.8 Å². The number of hydrogen-bond acceptors (Lipinski definition) is 3. The summed E-state index contributed by atoms with van der Waals surface area (Å²) >= 11 is 1.70. The van der Waals surface area contributed by atoms with Crippen LogP contribution >= 0.6 is 11.3 Å². The fourth-order valence-electron chi connectivity index (χ4n) is 1.55. The van der Waals surface area contributed by atoms with Gasteiger partial charge in [0.15, 0.2) is 5.96 Å². The second-order valence-corrected chi connectivity index (χ2v) is 5.31. The molecule has 120 valence electrons. The minimum Gasteiger partial charge on any atom is -0.372 e. The highest BCUT2D eigenvalue weighted by molar-refractivity contribution is 7.09. The highest BCUT2D eigenvalue weighted by Gasteiger charge is 2.27. The van der Waals surface area contributed by atoms with E-state index in [4.69, 9.17) is 0 Å². The number of nitrogens with one attached hydrogen (secondary N) is 2. The van der Waals surface area contributed by atoms with Crippen molar-refractivity contribution in [3.05, 3.63) is 22.4 Å². The summed E-state index contributed by atoms with van der Waals surface area (Å²) in [5, 5.41) is 8.21. The maximum atomic E-state index is 11.8. The van der Waals surface area contributed by atoms with Crippen molar-refractivity contribution in [2.45, 2.75) is 19.0 Å². The Balaban J connectivity index is 2.03. The van der Waals surface area contributed by atoms with Crippen LogP contribution in [-0.4, -0.2) is 45.5 Å². The Hall–Kier alpha value is -1.28. The topological polar surface area (TPSA) is 45.7 Å². The lowest BCUT2D eigenvalue weighted by Crippen LogP contribution is -2.39. The molecule has 0 saturated heterocycles. The molecule has 0 aliphatic rings. The molecule has 1 rings (SSSR count). The van der Waals surface area contributed by atoms with E-state index in [2.05, 4.69) is 26.4 Å². The third-order valence-corrected chi connectivity index (χ3v) is 3.43. The van der Waals surface area contributed by atoms with Crippen LogP contribution in [-0.2, 0) is 11.2 Å². The van der Waals surface area contributed by atoms with E-state index in [0.717, 1.165) is 13.0 Å². The Labute approximate surface area is 126 Å². The Morgan fingerprint density at radius 3 is 2.71 bits per heavy atom. The average Bonchev–Trinajstić information content (AvgIpc) is 2.92. The summed E-state index contributed by atoms with van der Waals surface area (Å²) in [6.07, 6.45) is -2.86. The minimum absolute atomic E-state index is 0.0682. The first kappa shape index (κ1) is 17.8. The monoisotopic (exact) mass is 323 g/mol. The van der Waals surface area contributed by atoms with Crippen molar-refractivity contribution < 1.29 is 17.9 Å². The lowest BCUT2D eigenvalue weighted by molar-refractivity contribution is -0.173. The van der Waals surface area contributed by atoms with Gasteiger partial charge in [-0.2, -0.15) is 13.2 Å². The van der Waals surface area contributed by atoms with Crippen LogP contribution in [0, 0.1) is 0 Å². The fourth-order valence-corrected chi connectivity index (χ4v) is 2.26. The van der Waals surface area contributed by atoms with Crippen LogP contribution in [0.15, 0.2) is 22.5 Å². The zero-order valence-electron chi connectivity index (χ0n) is 11.9. The summed E-state index contributed by atoms with van der Waals surface area (Å²) in [6.45, 7) is 0.140. The molecule has 0 bridgehead atoms. The third-order valence-electron chi connectivity index (χ3n) is 2.49. The molecule has 4 nitrogen and oxygen atoms in total. The van der Waals surface area contributed by atoms with Gasteiger partial charge in [-0.25, -0.2) is 0 Å². The summed E-state index contributed by atoms with van der Waals surface area (Å²) in [5.41, 5.74) is 0. The van der Waals surface area contributed by atoms with E-state index in [1.165, 1.54) is 4.88 Å². The molecule has 0 unspecified atom stereocenters. The molecule has 2 N–H and O–H groups in total. The number of ether oxygens (including phenoxy) is 1. The average molecular weight is 323 g/mol. The van der Waals surface area contributed by atoms with Crippen LogP contribution < -0.4 is 10.6 Å². The highest BCUT2D eigenvalue weighted by atomic mass is 32.1. The molecule has 0 aromatic carbocycles. The molecule has 1 heterocycles. The predicted molar refractivity (Wildman–Crippen MR) is 78.9 cm³/mol. The SMILES string of the molecule is CN=C(NCCCOCC(F)(F)F)NCCc1cccs1. The summed E-state index contributed by atoms with van der Waals surface area (Å²) < 4.78 is 40.0. The van der Waals surface area contributed by atoms with Crippen LogP contribution in [0.25, 0.3) is 0 Å². The van der Waals surface area contributed by atoms with E-state index in [9.17, 15) is 13.2 Å². The Morgan fingerprint density at radius 2 is 2.10 bits per heavy atom. The molecule has 0 amide bonds. The van der Waals surface area contributed by atoms with Gasteiger partial charge in [-0.05, 0) is 24.3 Å². The zero-order chi connectivity index (χ0) is 15.6. The summed E-state index contributed by atoms with van der Waals surface area (Å²) in [5.74, 6) is 0.641. The molecule has 1 aromatic rings. The quantitative estimate of drug-likeness (QED) is 0.439. The number of aliphatic imine (C=N–C) groups is 1. The van der Waals surface area contributed by atoms with Crippen molar-refractivity contribution >= 4 is 17.3 Å². The summed E-state index contributed by atoms with van der Waals surface area (Å²) in [4.78, 5) is 5.33. The molecule has 0 spiro atoms. The van der Waals surface area contributed by atoms with Crippen molar-refractivity contribution in [1.29, 1.82) is 0 Å². The number of nitrogens with zero attached hydrogens (tertiary/aromatic N) is 1. The highest BCUT2D eigenvalue weighted by Crippen LogP contribution is 2.14. The van der Waals surface area contributed by atoms with Crippen LogP contribution in [0.2, 0.25) is 0 Å². The first-order chi connectivity index (χ1) is 10.0. The van der Waals surface area contributed by atoms with Gasteiger partial charge < -0.3 is 15.4 Å². The predicted octanol–water partition coefficient (Wildman–Crippen LogP) is 2.42. The van der Waals surface area contributed by atoms with Gasteiger partial charge in [-0.1, -0.05) is 6.07 Å². The third kappa shape index (κ3) is 9.30. The molecule has 8 heteroatoms. The second-order valence-electron chi connectivity index (χ2n) is 4.28. The van der Waals surface area contributed by atoms with Crippen molar-refractivity contribution in [2.75, 3.05) is 33.4 Å². The Bertz CT molecular complexity index is 407. The van der Waals surface area contributed by atoms with E-state index in [-0.39, 0.29) is 6.61 Å². The maximum absolute atomic E-state index is 11.8. The van der Waals surface area contributed by atoms with Crippen LogP contribution in [0.1, 0.15) is 11.3 Å². The Kier molecular flexibility index (Phi) is 8.14. The lowest BCUT2D eigenvalue weighted by Gasteiger charge is -2.12. The number of rotatable bonds is 8. The standard InChI is InChI=1S/C13H20F3N3OS/c1-17-12(19-7-5-11-4-2-9-21-11)18-6-3-8-20-10-13(14,15)16/h2,4,9H,3,5-8,10H2,1H3,(H2,17,18,19). The largest absolute Gasteiger partial charge is 0.411 e. The summed E-state index contributed by atoms with van der Waals surface area (Å²) in [7, 11) is 1.65. The molecule has 0 aliphatic carbocycles. The van der Waals surface area contributed by atoms with Gasteiger partial charge in [0.1, 0.15) is 6.61 Å². The van der Waals surface area contributed by atoms with E-state index in [1.807, 2.05) is 11.4 Å². The van der Waals surface area contributed by atoms with E-state index in [0.29, 0.717) is 18.9 Å². The number of alkyl halides is 3. The minimum atomic E-state index is -4.26. The van der Waals surface area contributed by atoms with Gasteiger partial charge in [0.25, 0.3) is 0 Å². The normalized spacial score (nSPS) is 12.5. The van der Waals surface area contributed by atoms with Crippen molar-refractivity contribution in [2.24, 2.45) is 4.99 Å². The first-order valence-corrected chi connectivity index (χ1v) is 7.50. The number of hydrogen-bond donors (Lipinski definition) is 2. The molecule has 21 heavy (non-hydrogen) atoms. The molecule has 0 atom stereocenters. The van der Waals surface area contributed by atoms with Crippen molar-refractivity contribution in [3.8, 4) is 0 Å². The maximum Gasteiger partial charge on any atom is 0.411 e. The van der Waals surface area contributed by atoms with Gasteiger partial charge in [0.05, 0.1) is 0 Å². The van der Waals surface area contributed by atoms with Crippen LogP contribution in [0.5, 0.6) is 0 Å². The zero-order valence-corrected chi connectivity index (χ0v) is 12.7. The van der Waals surface area contributed by atoms with Gasteiger partial charge in [0.2, 0.25) is 0 Å². The number of halogens is 3. The van der Waals surface area contributed by atoms with Gasteiger partial charge >= 0.3 is 6.18 Å². The van der Waals surface area contributed by atoms with E-state index in [1.54, 1.807) is 18.4 Å². The van der Waals surface area contributed by atoms with Crippen molar-refractivity contribution in [3.63, 3.8) is 0 Å². The van der Waals surface area contributed by atoms with Gasteiger partial charge in [0, 0.05) is 31.6 Å².